The number of aliphatic hydroxyl groups excluding tert-OH is 1. The number of fused-ring (bicyclic) bond motifs is 1. The third-order valence-corrected chi connectivity index (χ3v) is 10.3. The van der Waals surface area contributed by atoms with Crippen LogP contribution in [-0.4, -0.2) is 22.1 Å². The van der Waals surface area contributed by atoms with Crippen molar-refractivity contribution >= 4 is 11.8 Å². The molecule has 0 aliphatic heterocycles. The molecule has 5 atom stereocenters. The van der Waals surface area contributed by atoms with Crippen molar-refractivity contribution in [2.24, 2.45) is 23.2 Å². The van der Waals surface area contributed by atoms with Gasteiger partial charge in [0.15, 0.2) is 0 Å². The first kappa shape index (κ1) is 25.8. The molecule has 0 amide bonds. The van der Waals surface area contributed by atoms with Gasteiger partial charge >= 0.3 is 0 Å². The normalized spacial score (nSPS) is 33.4. The van der Waals surface area contributed by atoms with E-state index in [-0.39, 0.29) is 6.10 Å². The van der Waals surface area contributed by atoms with Crippen LogP contribution in [0.25, 0.3) is 0 Å². The van der Waals surface area contributed by atoms with Gasteiger partial charge in [0.05, 0.1) is 11.7 Å². The van der Waals surface area contributed by atoms with E-state index < -0.39 is 5.60 Å². The highest BCUT2D eigenvalue weighted by Crippen LogP contribution is 2.59. The number of hydrogen-bond donors (Lipinski definition) is 2. The van der Waals surface area contributed by atoms with Crippen LogP contribution in [-0.2, 0) is 5.60 Å². The number of rotatable bonds is 6. The summed E-state index contributed by atoms with van der Waals surface area (Å²) in [6.07, 6.45) is 13.8. The molecule has 34 heavy (non-hydrogen) atoms. The van der Waals surface area contributed by atoms with Crippen molar-refractivity contribution in [3.05, 3.63) is 65.3 Å². The fourth-order valence-electron chi connectivity index (χ4n) is 6.96. The summed E-state index contributed by atoms with van der Waals surface area (Å²) in [5.41, 5.74) is 4.41. The van der Waals surface area contributed by atoms with Crippen LogP contribution >= 0.6 is 11.8 Å². The van der Waals surface area contributed by atoms with Gasteiger partial charge in [0.2, 0.25) is 0 Å². The number of allylic oxidation sites excluding steroid dienone is 3. The second-order valence-corrected chi connectivity index (χ2v) is 12.9. The molecule has 1 aromatic rings. The number of benzene rings is 1. The fraction of sp³-hybridized carbons (Fsp3) is 0.613. The molecule has 0 bridgehead atoms. The zero-order chi connectivity index (χ0) is 24.5. The Kier molecular flexibility index (Phi) is 7.86. The number of aliphatic hydroxyl groups is 2. The molecule has 2 N–H and O–H groups in total. The van der Waals surface area contributed by atoms with Gasteiger partial charge in [-0.15, -0.1) is 11.8 Å². The minimum absolute atomic E-state index is 0.353. The van der Waals surface area contributed by atoms with E-state index in [1.165, 1.54) is 42.6 Å². The Morgan fingerprint density at radius 3 is 2.74 bits per heavy atom. The van der Waals surface area contributed by atoms with Gasteiger partial charge in [-0.05, 0) is 117 Å². The molecule has 3 heteroatoms. The third-order valence-electron chi connectivity index (χ3n) is 9.02. The molecule has 2 nitrogen and oxygen atoms in total. The van der Waals surface area contributed by atoms with Crippen molar-refractivity contribution < 1.29 is 10.2 Å². The monoisotopic (exact) mass is 480 g/mol. The average molecular weight is 481 g/mol. The average Bonchev–Trinajstić information content (AvgIpc) is 3.16. The van der Waals surface area contributed by atoms with Crippen molar-refractivity contribution in [2.45, 2.75) is 95.7 Å². The predicted octanol–water partition coefficient (Wildman–Crippen LogP) is 7.81. The van der Waals surface area contributed by atoms with Crippen LogP contribution in [0, 0.1) is 23.2 Å². The molecule has 4 unspecified atom stereocenters. The first-order valence-electron chi connectivity index (χ1n) is 13.3. The lowest BCUT2D eigenvalue weighted by atomic mass is 9.61. The lowest BCUT2D eigenvalue weighted by Crippen LogP contribution is -2.36. The van der Waals surface area contributed by atoms with Gasteiger partial charge in [-0.1, -0.05) is 50.3 Å². The lowest BCUT2D eigenvalue weighted by Gasteiger charge is -2.44. The SMILES string of the molecule is C=C1/C(=C\C=C2/CCCC3(C)C2CCC3C(C)CSc2cccc(C(C)(C)O)c2)CCC[C@@H]1O. The van der Waals surface area contributed by atoms with E-state index in [0.717, 1.165) is 42.1 Å². The summed E-state index contributed by atoms with van der Waals surface area (Å²) in [5, 5.41) is 20.6. The Hall–Kier alpha value is -1.29. The maximum atomic E-state index is 10.4. The molecule has 1 aromatic carbocycles. The summed E-state index contributed by atoms with van der Waals surface area (Å²) >= 11 is 1.95. The van der Waals surface area contributed by atoms with E-state index in [9.17, 15) is 10.2 Å². The van der Waals surface area contributed by atoms with Crippen molar-refractivity contribution in [3.63, 3.8) is 0 Å². The minimum atomic E-state index is -0.795. The van der Waals surface area contributed by atoms with E-state index in [2.05, 4.69) is 50.8 Å². The van der Waals surface area contributed by atoms with Crippen molar-refractivity contribution in [1.82, 2.24) is 0 Å². The molecule has 186 valence electrons. The standard InChI is InChI=1S/C31H44O2S/c1-21(20-34-26-12-7-11-25(19-26)30(3,4)33)27-16-17-28-24(10-8-18-31(27,28)5)15-14-23-9-6-13-29(32)22(23)2/h7,11-12,14-15,19,21,27-29,32-33H,2,6,8-10,13,16-18,20H2,1,3-5H3/b23-14-,24-15+/t21?,27?,28?,29-,31?/m0/s1. The van der Waals surface area contributed by atoms with Crippen molar-refractivity contribution in [2.75, 3.05) is 5.75 Å². The molecule has 3 saturated carbocycles. The van der Waals surface area contributed by atoms with Crippen LogP contribution in [0.2, 0.25) is 0 Å². The Labute approximate surface area is 211 Å². The van der Waals surface area contributed by atoms with E-state index in [4.69, 9.17) is 0 Å². The zero-order valence-corrected chi connectivity index (χ0v) is 22.5. The van der Waals surface area contributed by atoms with E-state index >= 15 is 0 Å². The molecular formula is C31H44O2S. The highest BCUT2D eigenvalue weighted by Gasteiger charge is 2.50. The molecule has 0 aromatic heterocycles. The second-order valence-electron chi connectivity index (χ2n) is 11.8. The van der Waals surface area contributed by atoms with Gasteiger partial charge in [0.25, 0.3) is 0 Å². The van der Waals surface area contributed by atoms with Crippen molar-refractivity contribution in [3.8, 4) is 0 Å². The summed E-state index contributed by atoms with van der Waals surface area (Å²) in [6, 6.07) is 8.42. The molecule has 0 saturated heterocycles. The Morgan fingerprint density at radius 2 is 1.97 bits per heavy atom. The van der Waals surface area contributed by atoms with E-state index in [0.29, 0.717) is 17.3 Å². The molecule has 0 heterocycles. The van der Waals surface area contributed by atoms with Gasteiger partial charge < -0.3 is 10.2 Å². The van der Waals surface area contributed by atoms with Crippen LogP contribution in [0.5, 0.6) is 0 Å². The van der Waals surface area contributed by atoms with Gasteiger partial charge in [-0.2, -0.15) is 0 Å². The first-order valence-corrected chi connectivity index (χ1v) is 14.3. The van der Waals surface area contributed by atoms with Crippen molar-refractivity contribution in [1.29, 1.82) is 0 Å². The summed E-state index contributed by atoms with van der Waals surface area (Å²) in [4.78, 5) is 1.26. The maximum absolute atomic E-state index is 10.4. The molecular weight excluding hydrogens is 436 g/mol. The van der Waals surface area contributed by atoms with Crippen LogP contribution in [0.1, 0.15) is 84.6 Å². The van der Waals surface area contributed by atoms with Crippen LogP contribution in [0.3, 0.4) is 0 Å². The topological polar surface area (TPSA) is 40.5 Å². The molecule has 0 spiro atoms. The van der Waals surface area contributed by atoms with Gasteiger partial charge in [-0.3, -0.25) is 0 Å². The van der Waals surface area contributed by atoms with Crippen LogP contribution in [0.4, 0.5) is 0 Å². The number of hydrogen-bond acceptors (Lipinski definition) is 3. The molecule has 3 fully saturated rings. The third kappa shape index (κ3) is 5.42. The Morgan fingerprint density at radius 1 is 1.18 bits per heavy atom. The molecule has 3 aliphatic rings. The predicted molar refractivity (Wildman–Crippen MR) is 145 cm³/mol. The second kappa shape index (κ2) is 10.4. The van der Waals surface area contributed by atoms with E-state index in [1.54, 1.807) is 5.57 Å². The Bertz CT molecular complexity index is 952. The summed E-state index contributed by atoms with van der Waals surface area (Å²) < 4.78 is 0. The summed E-state index contributed by atoms with van der Waals surface area (Å²) in [6.45, 7) is 12.9. The highest BCUT2D eigenvalue weighted by atomic mass is 32.2. The summed E-state index contributed by atoms with van der Waals surface area (Å²) in [7, 11) is 0. The fourth-order valence-corrected chi connectivity index (χ4v) is 8.03. The van der Waals surface area contributed by atoms with Gasteiger partial charge in [-0.25, -0.2) is 0 Å². The largest absolute Gasteiger partial charge is 0.388 e. The molecule has 3 aliphatic carbocycles. The van der Waals surface area contributed by atoms with Crippen LogP contribution < -0.4 is 0 Å². The van der Waals surface area contributed by atoms with Gasteiger partial charge in [0, 0.05) is 10.6 Å². The number of thioether (sulfide) groups is 1. The zero-order valence-electron chi connectivity index (χ0n) is 21.6. The maximum Gasteiger partial charge on any atom is 0.0840 e. The Balaban J connectivity index is 1.44. The lowest BCUT2D eigenvalue weighted by molar-refractivity contribution is 0.0784. The summed E-state index contributed by atoms with van der Waals surface area (Å²) in [5.74, 6) is 3.24. The van der Waals surface area contributed by atoms with E-state index in [1.807, 2.05) is 31.7 Å². The highest BCUT2D eigenvalue weighted by molar-refractivity contribution is 7.99. The van der Waals surface area contributed by atoms with Crippen LogP contribution in [0.15, 0.2) is 64.6 Å². The smallest absolute Gasteiger partial charge is 0.0840 e. The quantitative estimate of drug-likeness (QED) is 0.408. The molecule has 0 radical (unpaired) electrons. The van der Waals surface area contributed by atoms with Gasteiger partial charge in [0.1, 0.15) is 0 Å². The first-order chi connectivity index (χ1) is 16.1. The molecule has 4 rings (SSSR count). The minimum Gasteiger partial charge on any atom is -0.388 e.